The summed E-state index contributed by atoms with van der Waals surface area (Å²) in [5.41, 5.74) is 0. The van der Waals surface area contributed by atoms with Crippen LogP contribution in [-0.4, -0.2) is 35.2 Å². The Kier molecular flexibility index (Phi) is 5.06. The van der Waals surface area contributed by atoms with E-state index in [0.717, 1.165) is 25.9 Å². The van der Waals surface area contributed by atoms with E-state index < -0.39 is 0 Å². The van der Waals surface area contributed by atoms with Gasteiger partial charge in [0.2, 0.25) is 0 Å². The second-order valence-corrected chi connectivity index (χ2v) is 3.36. The Bertz CT molecular complexity index is 100. The second-order valence-electron chi connectivity index (χ2n) is 3.36. The van der Waals surface area contributed by atoms with Crippen LogP contribution in [0.25, 0.3) is 0 Å². The van der Waals surface area contributed by atoms with Crippen LogP contribution in [0.3, 0.4) is 0 Å². The van der Waals surface area contributed by atoms with Gasteiger partial charge in [0.25, 0.3) is 0 Å². The number of aliphatic hydroxyl groups is 1. The van der Waals surface area contributed by atoms with Crippen molar-refractivity contribution in [3.8, 4) is 0 Å². The molecule has 0 aromatic rings. The minimum atomic E-state index is -0.0324. The first-order chi connectivity index (χ1) is 4.70. The average Bonchev–Trinajstić information content (AvgIpc) is 1.88. The van der Waals surface area contributed by atoms with Crippen LogP contribution < -0.4 is 0 Å². The summed E-state index contributed by atoms with van der Waals surface area (Å²) in [5, 5.41) is 9.18. The van der Waals surface area contributed by atoms with Crippen LogP contribution in [0.2, 0.25) is 0 Å². The van der Waals surface area contributed by atoms with Crippen molar-refractivity contribution in [2.24, 2.45) is 0 Å². The molecule has 0 amide bonds. The summed E-state index contributed by atoms with van der Waals surface area (Å²) in [6.45, 7) is 6.55. The Morgan fingerprint density at radius 1 is 1.27 bits per heavy atom. The number of hydrogen-bond acceptors (Lipinski definition) is 2. The predicted octanol–water partition coefficient (Wildman–Crippen LogP) is 1.27. The molecule has 3 heteroatoms. The largest absolute Gasteiger partial charge is 0.393 e. The van der Waals surface area contributed by atoms with Gasteiger partial charge < -0.3 is 10.0 Å². The minimum Gasteiger partial charge on any atom is -0.393 e. The van der Waals surface area contributed by atoms with Crippen LogP contribution in [0.5, 0.6) is 0 Å². The van der Waals surface area contributed by atoms with Gasteiger partial charge in [0.1, 0.15) is 0 Å². The summed E-state index contributed by atoms with van der Waals surface area (Å²) in [5.74, 6) is 0. The van der Waals surface area contributed by atoms with Gasteiger partial charge in [-0.15, -0.1) is 12.4 Å². The molecule has 0 spiro atoms. The van der Waals surface area contributed by atoms with E-state index in [-0.39, 0.29) is 18.5 Å². The smallest absolute Gasteiger partial charge is 0.0564 e. The third-order valence-corrected chi connectivity index (χ3v) is 2.23. The topological polar surface area (TPSA) is 23.5 Å². The Morgan fingerprint density at radius 3 is 2.09 bits per heavy atom. The molecular weight excluding hydrogens is 162 g/mol. The lowest BCUT2D eigenvalue weighted by atomic mass is 10.1. The highest BCUT2D eigenvalue weighted by molar-refractivity contribution is 5.85. The third-order valence-electron chi connectivity index (χ3n) is 2.23. The molecule has 1 N–H and O–H groups in total. The number of aliphatic hydroxyl groups excluding tert-OH is 1. The molecule has 0 aliphatic carbocycles. The molecular formula is C8H18ClNO. The van der Waals surface area contributed by atoms with Crippen LogP contribution in [0, 0.1) is 0 Å². The molecule has 1 fully saturated rings. The van der Waals surface area contributed by atoms with Gasteiger partial charge in [-0.25, -0.2) is 0 Å². The molecule has 1 heterocycles. The summed E-state index contributed by atoms with van der Waals surface area (Å²) in [7, 11) is 0. The zero-order valence-electron chi connectivity index (χ0n) is 7.29. The fourth-order valence-corrected chi connectivity index (χ4v) is 1.40. The molecule has 0 unspecified atom stereocenters. The van der Waals surface area contributed by atoms with E-state index in [9.17, 15) is 5.11 Å². The minimum absolute atomic E-state index is 0. The van der Waals surface area contributed by atoms with Gasteiger partial charge in [-0.05, 0) is 26.7 Å². The maximum absolute atomic E-state index is 9.18. The molecule has 0 aromatic carbocycles. The van der Waals surface area contributed by atoms with Gasteiger partial charge in [-0.1, -0.05) is 0 Å². The van der Waals surface area contributed by atoms with E-state index in [0.29, 0.717) is 6.04 Å². The van der Waals surface area contributed by atoms with Crippen molar-refractivity contribution in [3.63, 3.8) is 0 Å². The first-order valence-electron chi connectivity index (χ1n) is 4.12. The molecule has 1 aliphatic heterocycles. The van der Waals surface area contributed by atoms with Gasteiger partial charge in [-0.2, -0.15) is 0 Å². The molecule has 11 heavy (non-hydrogen) atoms. The number of rotatable bonds is 1. The van der Waals surface area contributed by atoms with Gasteiger partial charge in [0.15, 0.2) is 0 Å². The van der Waals surface area contributed by atoms with Gasteiger partial charge in [-0.3, -0.25) is 0 Å². The van der Waals surface area contributed by atoms with Crippen molar-refractivity contribution in [3.05, 3.63) is 0 Å². The fraction of sp³-hybridized carbons (Fsp3) is 1.00. The van der Waals surface area contributed by atoms with Crippen molar-refractivity contribution in [2.45, 2.75) is 38.8 Å². The maximum atomic E-state index is 9.18. The lowest BCUT2D eigenvalue weighted by molar-refractivity contribution is 0.0685. The molecule has 1 rings (SSSR count). The maximum Gasteiger partial charge on any atom is 0.0564 e. The summed E-state index contributed by atoms with van der Waals surface area (Å²) in [4.78, 5) is 2.41. The number of piperidine rings is 1. The Hall–Kier alpha value is 0.210. The standard InChI is InChI=1S/C8H17NO.ClH/c1-7(2)9-5-3-8(10)4-6-9;/h7-8,10H,3-6H2,1-2H3;1H. The SMILES string of the molecule is CC(C)N1CCC(O)CC1.Cl. The lowest BCUT2D eigenvalue weighted by Gasteiger charge is -2.32. The summed E-state index contributed by atoms with van der Waals surface area (Å²) >= 11 is 0. The zero-order valence-corrected chi connectivity index (χ0v) is 8.10. The third kappa shape index (κ3) is 3.41. The Labute approximate surface area is 75.0 Å². The van der Waals surface area contributed by atoms with Gasteiger partial charge >= 0.3 is 0 Å². The molecule has 0 bridgehead atoms. The molecule has 0 aromatic heterocycles. The zero-order chi connectivity index (χ0) is 7.56. The molecule has 1 saturated heterocycles. The Morgan fingerprint density at radius 2 is 1.73 bits per heavy atom. The number of hydrogen-bond donors (Lipinski definition) is 1. The van der Waals surface area contributed by atoms with E-state index in [1.807, 2.05) is 0 Å². The van der Waals surface area contributed by atoms with E-state index in [1.54, 1.807) is 0 Å². The normalized spacial score (nSPS) is 21.8. The van der Waals surface area contributed by atoms with Crippen LogP contribution in [0.4, 0.5) is 0 Å². The molecule has 0 saturated carbocycles. The highest BCUT2D eigenvalue weighted by Gasteiger charge is 2.18. The Balaban J connectivity index is 0.000001000. The monoisotopic (exact) mass is 179 g/mol. The van der Waals surface area contributed by atoms with Crippen molar-refractivity contribution in [1.29, 1.82) is 0 Å². The van der Waals surface area contributed by atoms with Crippen molar-refractivity contribution >= 4 is 12.4 Å². The van der Waals surface area contributed by atoms with E-state index in [4.69, 9.17) is 0 Å². The molecule has 68 valence electrons. The van der Waals surface area contributed by atoms with Crippen molar-refractivity contribution < 1.29 is 5.11 Å². The first kappa shape index (κ1) is 11.2. The van der Waals surface area contributed by atoms with Gasteiger partial charge in [0, 0.05) is 19.1 Å². The quantitative estimate of drug-likeness (QED) is 0.656. The van der Waals surface area contributed by atoms with E-state index in [2.05, 4.69) is 18.7 Å². The number of likely N-dealkylation sites (tertiary alicyclic amines) is 1. The fourth-order valence-electron chi connectivity index (χ4n) is 1.40. The summed E-state index contributed by atoms with van der Waals surface area (Å²) < 4.78 is 0. The molecule has 2 nitrogen and oxygen atoms in total. The van der Waals surface area contributed by atoms with Gasteiger partial charge in [0.05, 0.1) is 6.10 Å². The van der Waals surface area contributed by atoms with Crippen LogP contribution in [0.1, 0.15) is 26.7 Å². The van der Waals surface area contributed by atoms with Crippen molar-refractivity contribution in [2.75, 3.05) is 13.1 Å². The number of nitrogens with zero attached hydrogens (tertiary/aromatic N) is 1. The van der Waals surface area contributed by atoms with Crippen LogP contribution in [-0.2, 0) is 0 Å². The van der Waals surface area contributed by atoms with E-state index in [1.165, 1.54) is 0 Å². The molecule has 1 aliphatic rings. The average molecular weight is 180 g/mol. The second kappa shape index (κ2) is 4.96. The molecule has 0 atom stereocenters. The summed E-state index contributed by atoms with van der Waals surface area (Å²) in [6, 6.07) is 0.646. The van der Waals surface area contributed by atoms with Crippen molar-refractivity contribution in [1.82, 2.24) is 4.90 Å². The van der Waals surface area contributed by atoms with Crippen LogP contribution in [0.15, 0.2) is 0 Å². The highest BCUT2D eigenvalue weighted by Crippen LogP contribution is 2.11. The number of halogens is 1. The molecule has 0 radical (unpaired) electrons. The van der Waals surface area contributed by atoms with E-state index >= 15 is 0 Å². The lowest BCUT2D eigenvalue weighted by Crippen LogP contribution is -2.39. The summed E-state index contributed by atoms with van der Waals surface area (Å²) in [6.07, 6.45) is 1.88. The highest BCUT2D eigenvalue weighted by atomic mass is 35.5. The van der Waals surface area contributed by atoms with Crippen LogP contribution >= 0.6 is 12.4 Å². The first-order valence-corrected chi connectivity index (χ1v) is 4.12. The predicted molar refractivity (Wildman–Crippen MR) is 49.2 cm³/mol.